The van der Waals surface area contributed by atoms with E-state index in [-0.39, 0.29) is 59.7 Å². The van der Waals surface area contributed by atoms with E-state index >= 15 is 0 Å². The summed E-state index contributed by atoms with van der Waals surface area (Å²) < 4.78 is 0.909. The molecule has 0 aliphatic carbocycles. The molecule has 0 aromatic heterocycles. The predicted octanol–water partition coefficient (Wildman–Crippen LogP) is 3.68. The van der Waals surface area contributed by atoms with Crippen molar-refractivity contribution in [2.24, 2.45) is 0 Å². The molecule has 0 heterocycles. The molecule has 217 valence electrons. The number of halogens is 3. The van der Waals surface area contributed by atoms with E-state index < -0.39 is 13.5 Å². The minimum absolute atomic E-state index is 0. The van der Waals surface area contributed by atoms with Gasteiger partial charge in [0.2, 0.25) is 0 Å². The first-order chi connectivity index (χ1) is 17.6. The van der Waals surface area contributed by atoms with Crippen molar-refractivity contribution in [1.82, 2.24) is 0 Å². The van der Waals surface area contributed by atoms with Gasteiger partial charge in [-0.3, -0.25) is 4.70 Å². The summed E-state index contributed by atoms with van der Waals surface area (Å²) in [5, 5.41) is 16.3. The minimum atomic E-state index is -0.446. The van der Waals surface area contributed by atoms with Crippen LogP contribution < -0.4 is 20.6 Å². The van der Waals surface area contributed by atoms with Crippen molar-refractivity contribution < 1.29 is 39.0 Å². The third-order valence-corrected chi connectivity index (χ3v) is 7.44. The van der Waals surface area contributed by atoms with Gasteiger partial charge in [-0.2, -0.15) is 0 Å². The molecule has 0 N–H and O–H groups in total. The van der Waals surface area contributed by atoms with Crippen molar-refractivity contribution in [1.29, 1.82) is 0 Å². The minimum Gasteiger partial charge on any atom is -1.00 e. The zero-order valence-electron chi connectivity index (χ0n) is 23.6. The Bertz CT molecular complexity index is 1160. The van der Waals surface area contributed by atoms with Gasteiger partial charge in [0.1, 0.15) is 12.0 Å². The molecule has 0 bridgehead atoms. The molecule has 0 atom stereocenters. The standard InChI is InChI=1S/C18H15P.C11H13ClNO.C3H6O.2FH.Ir.Sb/c1-4-10-16(11-5-1)19(17-12-6-2-7-13-17)18-14-8-3-9-15-18;1-11(2,3)13(14)8-9-4-6-10(12)7-5-9;1-3(2)4;;;;/h1-15H;4,6-8H,1-3H3;1-2H3;2*1H;;/q;-1;;;;;+5/p-1/b;13-8-;;;;;. The number of hydroxylamine groups is 1. The Balaban J connectivity index is -0.000000591. The maximum Gasteiger partial charge on any atom is 5.00 e. The van der Waals surface area contributed by atoms with Gasteiger partial charge in [-0.05, 0) is 42.7 Å². The smallest absolute Gasteiger partial charge is 1.00 e. The number of ketones is 1. The third-order valence-electron chi connectivity index (χ3n) is 4.76. The maximum absolute atomic E-state index is 11.5. The van der Waals surface area contributed by atoms with Crippen LogP contribution in [0.4, 0.5) is 4.70 Å². The summed E-state index contributed by atoms with van der Waals surface area (Å²) in [6.07, 6.45) is 1.51. The van der Waals surface area contributed by atoms with Crippen LogP contribution in [0, 0.1) is 11.3 Å². The molecule has 0 fully saturated rings. The molecule has 0 amide bonds. The zero-order chi connectivity index (χ0) is 27.3. The molecule has 4 aromatic rings. The van der Waals surface area contributed by atoms with E-state index in [9.17, 15) is 10.0 Å². The Labute approximate surface area is 280 Å². The predicted molar refractivity (Wildman–Crippen MR) is 169 cm³/mol. The largest absolute Gasteiger partial charge is 5.00 e. The third kappa shape index (κ3) is 16.9. The SMILES string of the molecule is CC(C)(C)/[N+]([O-])=C/c1[c-]cc(Cl)cc1.CC(C)=O.F.[F-].[Ir].[Sb+5].c1ccc(P(c2ccccc2)c2ccccc2)cc1. The van der Waals surface area contributed by atoms with Crippen LogP contribution >= 0.6 is 19.5 Å². The summed E-state index contributed by atoms with van der Waals surface area (Å²) in [4.78, 5) is 9.44. The maximum atomic E-state index is 11.5. The Kier molecular flexibility index (Phi) is 24.0. The summed E-state index contributed by atoms with van der Waals surface area (Å²) in [7, 11) is -0.446. The number of hydrogen-bond acceptors (Lipinski definition) is 2. The van der Waals surface area contributed by atoms with Crippen molar-refractivity contribution in [3.8, 4) is 0 Å². The number of nitrogens with zero attached hydrogens (tertiary/aromatic N) is 1. The average molecular weight is 884 g/mol. The molecule has 0 saturated carbocycles. The molecule has 0 saturated heterocycles. The molecule has 0 aliphatic heterocycles. The van der Waals surface area contributed by atoms with Gasteiger partial charge in [-0.1, -0.05) is 96.6 Å². The van der Waals surface area contributed by atoms with Gasteiger partial charge in [-0.15, -0.1) is 35.9 Å². The molecule has 0 spiro atoms. The molecule has 4 aromatic carbocycles. The summed E-state index contributed by atoms with van der Waals surface area (Å²) in [5.41, 5.74) is 0.312. The summed E-state index contributed by atoms with van der Waals surface area (Å²) in [6.45, 7) is 8.62. The molecular formula is C32H35ClF2IrNO2PSb+3. The monoisotopic (exact) mass is 883 g/mol. The summed E-state index contributed by atoms with van der Waals surface area (Å²) in [6, 6.07) is 40.4. The first kappa shape index (κ1) is 43.5. The van der Waals surface area contributed by atoms with E-state index in [0.717, 1.165) is 10.3 Å². The first-order valence-electron chi connectivity index (χ1n) is 12.0. The quantitative estimate of drug-likeness (QED) is 0.0598. The van der Waals surface area contributed by atoms with E-state index in [1.807, 2.05) is 20.8 Å². The van der Waals surface area contributed by atoms with Gasteiger partial charge < -0.3 is 14.7 Å². The van der Waals surface area contributed by atoms with Gasteiger partial charge in [0.25, 0.3) is 0 Å². The fraction of sp³-hybridized carbons (Fsp3) is 0.188. The van der Waals surface area contributed by atoms with Gasteiger partial charge in [0, 0.05) is 40.9 Å². The van der Waals surface area contributed by atoms with Crippen LogP contribution in [0.25, 0.3) is 0 Å². The van der Waals surface area contributed by atoms with Gasteiger partial charge >= 0.3 is 24.4 Å². The topological polar surface area (TPSA) is 43.1 Å². The molecule has 0 aliphatic rings. The normalized spacial score (nSPS) is 9.98. The van der Waals surface area contributed by atoms with E-state index in [1.54, 1.807) is 18.2 Å². The molecule has 4 rings (SSSR count). The number of carbonyl (C=O) groups excluding carboxylic acids is 1. The summed E-state index contributed by atoms with van der Waals surface area (Å²) in [5.74, 6) is 0.167. The van der Waals surface area contributed by atoms with Crippen LogP contribution in [0.5, 0.6) is 0 Å². The second kappa shape index (κ2) is 22.6. The molecule has 9 heteroatoms. The van der Waals surface area contributed by atoms with E-state index in [2.05, 4.69) is 97.1 Å². The van der Waals surface area contributed by atoms with Crippen LogP contribution in [0.1, 0.15) is 40.2 Å². The van der Waals surface area contributed by atoms with Gasteiger partial charge in [-0.25, -0.2) is 4.74 Å². The molecular weight excluding hydrogens is 849 g/mol. The molecule has 1 radical (unpaired) electrons. The number of hydrogen-bond donors (Lipinski definition) is 0. The number of carbonyl (C=O) groups is 1. The van der Waals surface area contributed by atoms with Crippen molar-refractivity contribution in [2.75, 3.05) is 0 Å². The Morgan fingerprint density at radius 1 is 0.805 bits per heavy atom. The van der Waals surface area contributed by atoms with Crippen LogP contribution in [0.15, 0.2) is 109 Å². The fourth-order valence-electron chi connectivity index (χ4n) is 3.00. The van der Waals surface area contributed by atoms with Crippen molar-refractivity contribution in [2.45, 2.75) is 40.2 Å². The van der Waals surface area contributed by atoms with Crippen molar-refractivity contribution >= 4 is 71.9 Å². The van der Waals surface area contributed by atoms with Crippen molar-refractivity contribution in [3.05, 3.63) is 131 Å². The number of rotatable bonds is 4. The Hall–Kier alpha value is -1.93. The van der Waals surface area contributed by atoms with Crippen LogP contribution in [-0.4, -0.2) is 46.7 Å². The summed E-state index contributed by atoms with van der Waals surface area (Å²) >= 11 is 5.70. The van der Waals surface area contributed by atoms with E-state index in [0.29, 0.717) is 5.02 Å². The zero-order valence-corrected chi connectivity index (χ0v) is 30.2. The molecule has 41 heavy (non-hydrogen) atoms. The molecule has 3 nitrogen and oxygen atoms in total. The van der Waals surface area contributed by atoms with Crippen LogP contribution in [-0.2, 0) is 24.9 Å². The average Bonchev–Trinajstić information content (AvgIpc) is 2.87. The Morgan fingerprint density at radius 2 is 1.15 bits per heavy atom. The fourth-order valence-corrected chi connectivity index (χ4v) is 5.42. The van der Waals surface area contributed by atoms with E-state index in [4.69, 9.17) is 11.6 Å². The second-order valence-electron chi connectivity index (χ2n) is 9.34. The van der Waals surface area contributed by atoms with Crippen LogP contribution in [0.2, 0.25) is 5.02 Å². The van der Waals surface area contributed by atoms with Gasteiger partial charge in [0.05, 0.1) is 0 Å². The number of benzene rings is 4. The van der Waals surface area contributed by atoms with Crippen LogP contribution in [0.3, 0.4) is 0 Å². The first-order valence-corrected chi connectivity index (χ1v) is 13.7. The van der Waals surface area contributed by atoms with Gasteiger partial charge in [0.15, 0.2) is 5.54 Å². The molecule has 0 unspecified atom stereocenters. The van der Waals surface area contributed by atoms with E-state index in [1.165, 1.54) is 36.0 Å². The Morgan fingerprint density at radius 3 is 1.41 bits per heavy atom. The number of Topliss-reactive ketones (excluding diaryl/α,β-unsaturated/α-hetero) is 1. The second-order valence-corrected chi connectivity index (χ2v) is 12.0. The van der Waals surface area contributed by atoms with Crippen molar-refractivity contribution in [3.63, 3.8) is 0 Å².